The van der Waals surface area contributed by atoms with Crippen LogP contribution in [0.3, 0.4) is 0 Å². The second kappa shape index (κ2) is 8.17. The van der Waals surface area contributed by atoms with E-state index in [2.05, 4.69) is 20.1 Å². The lowest BCUT2D eigenvalue weighted by molar-refractivity contribution is -0.117. The van der Waals surface area contributed by atoms with Crippen LogP contribution in [0, 0.1) is 0 Å². The molecule has 1 N–H and O–H groups in total. The van der Waals surface area contributed by atoms with Crippen molar-refractivity contribution in [1.82, 2.24) is 9.88 Å². The van der Waals surface area contributed by atoms with E-state index in [4.69, 9.17) is 9.47 Å². The smallest absolute Gasteiger partial charge is 0.238 e. The fourth-order valence-corrected chi connectivity index (χ4v) is 3.45. The van der Waals surface area contributed by atoms with Gasteiger partial charge in [-0.25, -0.2) is 4.98 Å². The molecule has 0 atom stereocenters. The van der Waals surface area contributed by atoms with Crippen molar-refractivity contribution < 1.29 is 14.3 Å². The van der Waals surface area contributed by atoms with Gasteiger partial charge in [0.1, 0.15) is 11.5 Å². The van der Waals surface area contributed by atoms with Gasteiger partial charge in [0.05, 0.1) is 20.8 Å². The molecule has 2 aromatic rings. The van der Waals surface area contributed by atoms with E-state index in [1.165, 1.54) is 0 Å². The van der Waals surface area contributed by atoms with Crippen LogP contribution in [0.4, 0.5) is 10.8 Å². The number of benzene rings is 1. The normalized spacial score (nSPS) is 15.0. The summed E-state index contributed by atoms with van der Waals surface area (Å²) in [5.41, 5.74) is 0.669. The highest BCUT2D eigenvalue weighted by Gasteiger charge is 2.20. The maximum atomic E-state index is 12.3. The summed E-state index contributed by atoms with van der Waals surface area (Å²) in [5, 5.41) is 5.95. The molecule has 1 amide bonds. The van der Waals surface area contributed by atoms with Crippen LogP contribution in [0.15, 0.2) is 29.8 Å². The molecule has 1 aliphatic heterocycles. The molecular formula is C17H22N4O3S. The minimum atomic E-state index is -0.0435. The molecule has 0 aliphatic carbocycles. The number of amides is 1. The van der Waals surface area contributed by atoms with E-state index in [1.54, 1.807) is 43.8 Å². The Bertz CT molecular complexity index is 678. The first-order chi connectivity index (χ1) is 12.2. The van der Waals surface area contributed by atoms with E-state index < -0.39 is 0 Å². The first-order valence-corrected chi connectivity index (χ1v) is 8.95. The lowest BCUT2D eigenvalue weighted by atomic mass is 10.2. The number of rotatable bonds is 6. The first-order valence-electron chi connectivity index (χ1n) is 8.07. The summed E-state index contributed by atoms with van der Waals surface area (Å²) < 4.78 is 10.4. The van der Waals surface area contributed by atoms with Gasteiger partial charge in [-0.1, -0.05) is 0 Å². The highest BCUT2D eigenvalue weighted by Crippen LogP contribution is 2.25. The van der Waals surface area contributed by atoms with Crippen molar-refractivity contribution >= 4 is 28.1 Å². The minimum absolute atomic E-state index is 0.0435. The van der Waals surface area contributed by atoms with Gasteiger partial charge < -0.3 is 19.7 Å². The van der Waals surface area contributed by atoms with Gasteiger partial charge in [-0.05, 0) is 0 Å². The van der Waals surface area contributed by atoms with Crippen LogP contribution in [0.25, 0.3) is 0 Å². The summed E-state index contributed by atoms with van der Waals surface area (Å²) in [7, 11) is 3.17. The second-order valence-electron chi connectivity index (χ2n) is 5.73. The Morgan fingerprint density at radius 1 is 1.16 bits per heavy atom. The molecule has 2 heterocycles. The zero-order chi connectivity index (χ0) is 17.6. The quantitative estimate of drug-likeness (QED) is 0.847. The lowest BCUT2D eigenvalue weighted by Gasteiger charge is -2.34. The molecule has 7 nitrogen and oxygen atoms in total. The predicted molar refractivity (Wildman–Crippen MR) is 98.9 cm³/mol. The lowest BCUT2D eigenvalue weighted by Crippen LogP contribution is -2.48. The van der Waals surface area contributed by atoms with Crippen LogP contribution >= 0.6 is 11.3 Å². The third kappa shape index (κ3) is 4.61. The number of methoxy groups -OCH3 is 2. The monoisotopic (exact) mass is 362 g/mol. The van der Waals surface area contributed by atoms with Gasteiger partial charge in [0, 0.05) is 61.6 Å². The average molecular weight is 362 g/mol. The standard InChI is InChI=1S/C17H22N4O3S/c1-23-14-9-13(10-15(11-14)24-2)19-16(22)12-20-4-6-21(7-5-20)17-18-3-8-25-17/h3,8-11H,4-7,12H2,1-2H3,(H,19,22). The summed E-state index contributed by atoms with van der Waals surface area (Å²) >= 11 is 1.65. The number of carbonyl (C=O) groups excluding carboxylic acids is 1. The Kier molecular flexibility index (Phi) is 5.72. The zero-order valence-corrected chi connectivity index (χ0v) is 15.2. The molecule has 1 fully saturated rings. The van der Waals surface area contributed by atoms with Crippen LogP contribution in [-0.4, -0.2) is 62.7 Å². The number of ether oxygens (including phenoxy) is 2. The van der Waals surface area contributed by atoms with Gasteiger partial charge in [0.2, 0.25) is 5.91 Å². The molecule has 25 heavy (non-hydrogen) atoms. The van der Waals surface area contributed by atoms with E-state index in [9.17, 15) is 4.79 Å². The largest absolute Gasteiger partial charge is 0.497 e. The molecule has 1 aromatic heterocycles. The molecular weight excluding hydrogens is 340 g/mol. The summed E-state index contributed by atoms with van der Waals surface area (Å²) in [5.74, 6) is 1.25. The van der Waals surface area contributed by atoms with Gasteiger partial charge in [0.25, 0.3) is 0 Å². The van der Waals surface area contributed by atoms with Gasteiger partial charge in [-0.15, -0.1) is 11.3 Å². The van der Waals surface area contributed by atoms with Crippen molar-refractivity contribution in [1.29, 1.82) is 0 Å². The number of thiazole rings is 1. The van der Waals surface area contributed by atoms with Crippen LogP contribution in [0.5, 0.6) is 11.5 Å². The summed E-state index contributed by atoms with van der Waals surface area (Å²) in [6.45, 7) is 3.82. The maximum Gasteiger partial charge on any atom is 0.238 e. The molecule has 0 bridgehead atoms. The summed E-state index contributed by atoms with van der Waals surface area (Å²) in [4.78, 5) is 21.1. The minimum Gasteiger partial charge on any atom is -0.497 e. The number of hydrogen-bond donors (Lipinski definition) is 1. The van der Waals surface area contributed by atoms with E-state index in [1.807, 2.05) is 11.6 Å². The highest BCUT2D eigenvalue weighted by atomic mass is 32.1. The Labute approximate surface area is 151 Å². The third-order valence-corrected chi connectivity index (χ3v) is 4.90. The number of hydrogen-bond acceptors (Lipinski definition) is 7. The van der Waals surface area contributed by atoms with E-state index in [0.29, 0.717) is 23.7 Å². The number of anilines is 2. The summed E-state index contributed by atoms with van der Waals surface area (Å²) in [6, 6.07) is 5.33. The van der Waals surface area contributed by atoms with Crippen LogP contribution in [-0.2, 0) is 4.79 Å². The maximum absolute atomic E-state index is 12.3. The fourth-order valence-electron chi connectivity index (χ4n) is 2.75. The molecule has 1 aromatic carbocycles. The zero-order valence-electron chi connectivity index (χ0n) is 14.4. The Morgan fingerprint density at radius 3 is 2.40 bits per heavy atom. The van der Waals surface area contributed by atoms with E-state index in [-0.39, 0.29) is 5.91 Å². The van der Waals surface area contributed by atoms with Gasteiger partial charge >= 0.3 is 0 Å². The fraction of sp³-hybridized carbons (Fsp3) is 0.412. The molecule has 0 radical (unpaired) electrons. The second-order valence-corrected chi connectivity index (χ2v) is 6.60. The van der Waals surface area contributed by atoms with Crippen molar-refractivity contribution in [3.05, 3.63) is 29.8 Å². The van der Waals surface area contributed by atoms with E-state index >= 15 is 0 Å². The van der Waals surface area contributed by atoms with Crippen molar-refractivity contribution in [2.75, 3.05) is 57.2 Å². The van der Waals surface area contributed by atoms with Gasteiger partial charge in [-0.3, -0.25) is 9.69 Å². The molecule has 8 heteroatoms. The van der Waals surface area contributed by atoms with Crippen LogP contribution in [0.2, 0.25) is 0 Å². The number of nitrogens with zero attached hydrogens (tertiary/aromatic N) is 3. The van der Waals surface area contributed by atoms with Crippen LogP contribution < -0.4 is 19.7 Å². The number of piperazine rings is 1. The predicted octanol–water partition coefficient (Wildman–Crippen LogP) is 1.92. The SMILES string of the molecule is COc1cc(NC(=O)CN2CCN(c3nccs3)CC2)cc(OC)c1. The van der Waals surface area contributed by atoms with Crippen molar-refractivity contribution in [3.63, 3.8) is 0 Å². The van der Waals surface area contributed by atoms with Gasteiger partial charge in [0.15, 0.2) is 5.13 Å². The first kappa shape index (κ1) is 17.5. The van der Waals surface area contributed by atoms with Gasteiger partial charge in [-0.2, -0.15) is 0 Å². The Balaban J connectivity index is 1.52. The number of nitrogens with one attached hydrogen (secondary N) is 1. The molecule has 134 valence electrons. The van der Waals surface area contributed by atoms with Crippen molar-refractivity contribution in [2.24, 2.45) is 0 Å². The molecule has 1 aliphatic rings. The third-order valence-electron chi connectivity index (χ3n) is 4.06. The van der Waals surface area contributed by atoms with Crippen molar-refractivity contribution in [3.8, 4) is 11.5 Å². The molecule has 0 spiro atoms. The Hall–Kier alpha value is -2.32. The topological polar surface area (TPSA) is 66.9 Å². The van der Waals surface area contributed by atoms with E-state index in [0.717, 1.165) is 31.3 Å². The molecule has 1 saturated heterocycles. The molecule has 3 rings (SSSR count). The highest BCUT2D eigenvalue weighted by molar-refractivity contribution is 7.13. The number of aromatic nitrogens is 1. The molecule has 0 saturated carbocycles. The number of carbonyl (C=O) groups is 1. The summed E-state index contributed by atoms with van der Waals surface area (Å²) in [6.07, 6.45) is 1.82. The van der Waals surface area contributed by atoms with Crippen LogP contribution in [0.1, 0.15) is 0 Å². The molecule has 0 unspecified atom stereocenters. The Morgan fingerprint density at radius 2 is 1.84 bits per heavy atom. The average Bonchev–Trinajstić information content (AvgIpc) is 3.16. The van der Waals surface area contributed by atoms with Crippen molar-refractivity contribution in [2.45, 2.75) is 0 Å².